The Balaban J connectivity index is 2.01. The van der Waals surface area contributed by atoms with Gasteiger partial charge in [0.15, 0.2) is 0 Å². The molecule has 5 nitrogen and oxygen atoms in total. The molecule has 0 spiro atoms. The molecule has 2 heterocycles. The SMILES string of the molecule is CCOC(=O)C1=C(C)Nc2nc3ccccc3n2[C@H]1c1ccc(Cl)cc1Cl. The number of allylic oxidation sites excluding steroid dienone is 1. The Morgan fingerprint density at radius 2 is 2.04 bits per heavy atom. The molecular weight excluding hydrogens is 385 g/mol. The molecule has 4 rings (SSSR count). The third-order valence-corrected chi connectivity index (χ3v) is 5.15. The maximum atomic E-state index is 12.8. The first-order valence-electron chi connectivity index (χ1n) is 8.58. The molecule has 0 aliphatic carbocycles. The van der Waals surface area contributed by atoms with E-state index in [4.69, 9.17) is 27.9 Å². The number of benzene rings is 2. The molecule has 0 fully saturated rings. The number of fused-ring (bicyclic) bond motifs is 3. The molecule has 1 aliphatic rings. The summed E-state index contributed by atoms with van der Waals surface area (Å²) in [5, 5.41) is 4.24. The van der Waals surface area contributed by atoms with Gasteiger partial charge in [-0.2, -0.15) is 0 Å². The summed E-state index contributed by atoms with van der Waals surface area (Å²) >= 11 is 12.6. The lowest BCUT2D eigenvalue weighted by Crippen LogP contribution is -2.29. The van der Waals surface area contributed by atoms with Crippen molar-refractivity contribution in [3.05, 3.63) is 69.3 Å². The van der Waals surface area contributed by atoms with Crippen LogP contribution in [0.2, 0.25) is 10.0 Å². The molecular formula is C20H17Cl2N3O2. The van der Waals surface area contributed by atoms with Crippen LogP contribution >= 0.6 is 23.2 Å². The minimum absolute atomic E-state index is 0.286. The van der Waals surface area contributed by atoms with Crippen molar-refractivity contribution in [2.75, 3.05) is 11.9 Å². The summed E-state index contributed by atoms with van der Waals surface area (Å²) in [4.78, 5) is 17.5. The number of ether oxygens (including phenoxy) is 1. The second kappa shape index (κ2) is 6.91. The van der Waals surface area contributed by atoms with Crippen LogP contribution in [-0.2, 0) is 9.53 Å². The molecule has 0 bridgehead atoms. The minimum atomic E-state index is -0.475. The normalized spacial score (nSPS) is 16.2. The van der Waals surface area contributed by atoms with Gasteiger partial charge in [0, 0.05) is 15.7 Å². The number of hydrogen-bond donors (Lipinski definition) is 1. The van der Waals surface area contributed by atoms with Crippen molar-refractivity contribution in [3.63, 3.8) is 0 Å². The molecule has 1 aromatic heterocycles. The van der Waals surface area contributed by atoms with Gasteiger partial charge in [-0.25, -0.2) is 9.78 Å². The van der Waals surface area contributed by atoms with Gasteiger partial charge in [0.1, 0.15) is 0 Å². The van der Waals surface area contributed by atoms with Gasteiger partial charge in [0.2, 0.25) is 5.95 Å². The second-order valence-corrected chi connectivity index (χ2v) is 7.09. The van der Waals surface area contributed by atoms with Crippen LogP contribution in [0.1, 0.15) is 25.5 Å². The number of anilines is 1. The van der Waals surface area contributed by atoms with Gasteiger partial charge < -0.3 is 10.1 Å². The van der Waals surface area contributed by atoms with E-state index >= 15 is 0 Å². The van der Waals surface area contributed by atoms with Gasteiger partial charge in [-0.05, 0) is 43.7 Å². The summed E-state index contributed by atoms with van der Waals surface area (Å²) in [6.07, 6.45) is 0. The number of nitrogens with one attached hydrogen (secondary N) is 1. The van der Waals surface area contributed by atoms with Crippen LogP contribution in [0.5, 0.6) is 0 Å². The zero-order valence-corrected chi connectivity index (χ0v) is 16.3. The molecule has 1 N–H and O–H groups in total. The zero-order chi connectivity index (χ0) is 19.1. The third kappa shape index (κ3) is 2.97. The fourth-order valence-corrected chi connectivity index (χ4v) is 3.97. The molecule has 7 heteroatoms. The van der Waals surface area contributed by atoms with Gasteiger partial charge in [-0.15, -0.1) is 0 Å². The number of esters is 1. The molecule has 2 aromatic carbocycles. The number of para-hydroxylation sites is 2. The maximum absolute atomic E-state index is 12.8. The van der Waals surface area contributed by atoms with E-state index in [9.17, 15) is 4.79 Å². The van der Waals surface area contributed by atoms with Crippen molar-refractivity contribution < 1.29 is 9.53 Å². The number of aromatic nitrogens is 2. The quantitative estimate of drug-likeness (QED) is 0.613. The summed E-state index contributed by atoms with van der Waals surface area (Å²) < 4.78 is 7.31. The van der Waals surface area contributed by atoms with Crippen molar-refractivity contribution in [1.29, 1.82) is 0 Å². The topological polar surface area (TPSA) is 56.1 Å². The molecule has 1 atom stereocenters. The lowest BCUT2D eigenvalue weighted by Gasteiger charge is -2.30. The minimum Gasteiger partial charge on any atom is -0.463 e. The van der Waals surface area contributed by atoms with Crippen molar-refractivity contribution >= 4 is 46.2 Å². The molecule has 0 saturated carbocycles. The van der Waals surface area contributed by atoms with E-state index in [1.165, 1.54) is 0 Å². The van der Waals surface area contributed by atoms with E-state index in [-0.39, 0.29) is 12.6 Å². The monoisotopic (exact) mass is 401 g/mol. The van der Waals surface area contributed by atoms with E-state index in [0.29, 0.717) is 27.3 Å². The van der Waals surface area contributed by atoms with Crippen molar-refractivity contribution in [1.82, 2.24) is 9.55 Å². The van der Waals surface area contributed by atoms with E-state index in [1.54, 1.807) is 19.1 Å². The molecule has 138 valence electrons. The lowest BCUT2D eigenvalue weighted by molar-refractivity contribution is -0.139. The molecule has 27 heavy (non-hydrogen) atoms. The average molecular weight is 402 g/mol. The number of nitrogens with zero attached hydrogens (tertiary/aromatic N) is 2. The van der Waals surface area contributed by atoms with Gasteiger partial charge in [0.25, 0.3) is 0 Å². The first kappa shape index (κ1) is 17.9. The fourth-order valence-electron chi connectivity index (χ4n) is 3.45. The van der Waals surface area contributed by atoms with Gasteiger partial charge in [-0.3, -0.25) is 4.57 Å². The second-order valence-electron chi connectivity index (χ2n) is 6.25. The first-order valence-corrected chi connectivity index (χ1v) is 9.33. The van der Waals surface area contributed by atoms with E-state index in [2.05, 4.69) is 10.3 Å². The summed E-state index contributed by atoms with van der Waals surface area (Å²) in [6.45, 7) is 3.91. The zero-order valence-electron chi connectivity index (χ0n) is 14.8. The van der Waals surface area contributed by atoms with E-state index in [0.717, 1.165) is 16.6 Å². The van der Waals surface area contributed by atoms with Crippen LogP contribution in [0.15, 0.2) is 53.7 Å². The number of halogens is 2. The van der Waals surface area contributed by atoms with Crippen LogP contribution in [0.4, 0.5) is 5.95 Å². The number of hydrogen-bond acceptors (Lipinski definition) is 4. The van der Waals surface area contributed by atoms with E-state index in [1.807, 2.05) is 41.8 Å². The van der Waals surface area contributed by atoms with Gasteiger partial charge >= 0.3 is 5.97 Å². The molecule has 0 radical (unpaired) electrons. The van der Waals surface area contributed by atoms with Crippen molar-refractivity contribution in [3.8, 4) is 0 Å². The van der Waals surface area contributed by atoms with E-state index < -0.39 is 6.04 Å². The highest BCUT2D eigenvalue weighted by molar-refractivity contribution is 6.35. The predicted octanol–water partition coefficient (Wildman–Crippen LogP) is 5.20. The Labute approximate surface area is 166 Å². The Hall–Kier alpha value is -2.50. The van der Waals surface area contributed by atoms with Crippen LogP contribution in [0.25, 0.3) is 11.0 Å². The highest BCUT2D eigenvalue weighted by Gasteiger charge is 2.35. The number of carbonyl (C=O) groups is 1. The summed E-state index contributed by atoms with van der Waals surface area (Å²) in [7, 11) is 0. The van der Waals surface area contributed by atoms with Crippen LogP contribution < -0.4 is 5.32 Å². The molecule has 0 saturated heterocycles. The summed E-state index contributed by atoms with van der Waals surface area (Å²) in [5.74, 6) is 0.264. The molecule has 1 aliphatic heterocycles. The highest BCUT2D eigenvalue weighted by Crippen LogP contribution is 2.42. The fraction of sp³-hybridized carbons (Fsp3) is 0.200. The Morgan fingerprint density at radius 1 is 1.26 bits per heavy atom. The van der Waals surface area contributed by atoms with Gasteiger partial charge in [-0.1, -0.05) is 41.4 Å². The summed E-state index contributed by atoms with van der Waals surface area (Å²) in [6, 6.07) is 12.6. The lowest BCUT2D eigenvalue weighted by atomic mass is 9.95. The third-order valence-electron chi connectivity index (χ3n) is 4.58. The number of imidazole rings is 1. The van der Waals surface area contributed by atoms with Gasteiger partial charge in [0.05, 0.1) is 29.3 Å². The standard InChI is InChI=1S/C20H17Cl2N3O2/c1-3-27-19(26)17-11(2)23-20-24-15-6-4-5-7-16(15)25(20)18(17)13-9-8-12(21)10-14(13)22/h4-10,18H,3H2,1-2H3,(H,23,24)/t18-/m0/s1. The largest absolute Gasteiger partial charge is 0.463 e. The number of carbonyl (C=O) groups excluding carboxylic acids is 1. The smallest absolute Gasteiger partial charge is 0.338 e. The maximum Gasteiger partial charge on any atom is 0.338 e. The highest BCUT2D eigenvalue weighted by atomic mass is 35.5. The van der Waals surface area contributed by atoms with Crippen LogP contribution in [0, 0.1) is 0 Å². The Bertz CT molecular complexity index is 1090. The Morgan fingerprint density at radius 3 is 2.78 bits per heavy atom. The molecule has 0 unspecified atom stereocenters. The molecule has 3 aromatic rings. The van der Waals surface area contributed by atoms with Crippen molar-refractivity contribution in [2.45, 2.75) is 19.9 Å². The Kier molecular flexibility index (Phi) is 4.58. The molecule has 0 amide bonds. The number of rotatable bonds is 3. The predicted molar refractivity (Wildman–Crippen MR) is 107 cm³/mol. The average Bonchev–Trinajstić information content (AvgIpc) is 2.99. The summed E-state index contributed by atoms with van der Waals surface area (Å²) in [5.41, 5.74) is 3.66. The van der Waals surface area contributed by atoms with Crippen LogP contribution in [0.3, 0.4) is 0 Å². The van der Waals surface area contributed by atoms with Crippen molar-refractivity contribution in [2.24, 2.45) is 0 Å². The first-order chi connectivity index (χ1) is 13.0. The van der Waals surface area contributed by atoms with Crippen LogP contribution in [-0.4, -0.2) is 22.1 Å².